The van der Waals surface area contributed by atoms with Gasteiger partial charge in [-0.3, -0.25) is 5.10 Å². The standard InChI is InChI=1S/C8H11N5/c1-4(2)6-7-5(12-13-6)3-10-8(9)11-7/h3-4H,1-2H3,(H,12,13)(H2,9,10,11). The Hall–Kier alpha value is -1.65. The lowest BCUT2D eigenvalue weighted by Gasteiger charge is -1.99. The summed E-state index contributed by atoms with van der Waals surface area (Å²) < 4.78 is 0. The summed E-state index contributed by atoms with van der Waals surface area (Å²) in [4.78, 5) is 7.99. The lowest BCUT2D eigenvalue weighted by molar-refractivity contribution is 0.815. The normalized spacial score (nSPS) is 11.3. The van der Waals surface area contributed by atoms with Gasteiger partial charge in [0.2, 0.25) is 5.95 Å². The van der Waals surface area contributed by atoms with E-state index < -0.39 is 0 Å². The predicted molar refractivity (Wildman–Crippen MR) is 50.2 cm³/mol. The maximum absolute atomic E-state index is 5.49. The van der Waals surface area contributed by atoms with Crippen LogP contribution in [0.3, 0.4) is 0 Å². The Labute approximate surface area is 75.4 Å². The minimum Gasteiger partial charge on any atom is -0.368 e. The van der Waals surface area contributed by atoms with Crippen LogP contribution in [0.15, 0.2) is 6.20 Å². The number of H-pyrrole nitrogens is 1. The van der Waals surface area contributed by atoms with Gasteiger partial charge in [0, 0.05) is 0 Å². The van der Waals surface area contributed by atoms with Crippen LogP contribution in [0.5, 0.6) is 0 Å². The highest BCUT2D eigenvalue weighted by Crippen LogP contribution is 2.20. The van der Waals surface area contributed by atoms with Crippen LogP contribution in [-0.4, -0.2) is 20.2 Å². The summed E-state index contributed by atoms with van der Waals surface area (Å²) >= 11 is 0. The fourth-order valence-corrected chi connectivity index (χ4v) is 1.25. The van der Waals surface area contributed by atoms with Gasteiger partial charge in [-0.05, 0) is 5.92 Å². The van der Waals surface area contributed by atoms with Crippen LogP contribution in [0.2, 0.25) is 0 Å². The van der Waals surface area contributed by atoms with Crippen LogP contribution in [0.4, 0.5) is 5.95 Å². The van der Waals surface area contributed by atoms with E-state index in [4.69, 9.17) is 5.73 Å². The van der Waals surface area contributed by atoms with Crippen molar-refractivity contribution in [2.45, 2.75) is 19.8 Å². The van der Waals surface area contributed by atoms with Crippen LogP contribution < -0.4 is 5.73 Å². The van der Waals surface area contributed by atoms with E-state index in [1.165, 1.54) is 0 Å². The molecule has 2 heterocycles. The molecule has 0 bridgehead atoms. The van der Waals surface area contributed by atoms with Crippen LogP contribution in [0.1, 0.15) is 25.5 Å². The molecule has 2 rings (SSSR count). The maximum Gasteiger partial charge on any atom is 0.220 e. The number of nitrogens with zero attached hydrogens (tertiary/aromatic N) is 3. The maximum atomic E-state index is 5.49. The monoisotopic (exact) mass is 177 g/mol. The van der Waals surface area contributed by atoms with Crippen LogP contribution >= 0.6 is 0 Å². The first-order valence-electron chi connectivity index (χ1n) is 4.15. The van der Waals surface area contributed by atoms with Gasteiger partial charge in [-0.1, -0.05) is 13.8 Å². The zero-order valence-corrected chi connectivity index (χ0v) is 7.57. The molecule has 68 valence electrons. The molecular weight excluding hydrogens is 166 g/mol. The van der Waals surface area contributed by atoms with E-state index in [1.807, 2.05) is 0 Å². The van der Waals surface area contributed by atoms with Crippen molar-refractivity contribution in [1.29, 1.82) is 0 Å². The summed E-state index contributed by atoms with van der Waals surface area (Å²) in [6.45, 7) is 4.15. The average Bonchev–Trinajstić information content (AvgIpc) is 2.46. The van der Waals surface area contributed by atoms with E-state index in [0.717, 1.165) is 16.7 Å². The zero-order valence-electron chi connectivity index (χ0n) is 7.57. The number of nitrogens with one attached hydrogen (secondary N) is 1. The van der Waals surface area contributed by atoms with Crippen molar-refractivity contribution >= 4 is 17.0 Å². The molecule has 13 heavy (non-hydrogen) atoms. The summed E-state index contributed by atoms with van der Waals surface area (Å²) in [6, 6.07) is 0. The van der Waals surface area contributed by atoms with Gasteiger partial charge in [-0.15, -0.1) is 0 Å². The average molecular weight is 177 g/mol. The quantitative estimate of drug-likeness (QED) is 0.682. The lowest BCUT2D eigenvalue weighted by Crippen LogP contribution is -1.95. The van der Waals surface area contributed by atoms with Crippen molar-refractivity contribution in [3.05, 3.63) is 11.9 Å². The van der Waals surface area contributed by atoms with E-state index in [9.17, 15) is 0 Å². The molecular formula is C8H11N5. The highest BCUT2D eigenvalue weighted by molar-refractivity contribution is 5.77. The number of anilines is 1. The van der Waals surface area contributed by atoms with E-state index in [2.05, 4.69) is 34.0 Å². The lowest BCUT2D eigenvalue weighted by atomic mass is 10.1. The Morgan fingerprint density at radius 3 is 2.92 bits per heavy atom. The van der Waals surface area contributed by atoms with Gasteiger partial charge in [-0.2, -0.15) is 5.10 Å². The number of hydrogen-bond donors (Lipinski definition) is 2. The number of fused-ring (bicyclic) bond motifs is 1. The number of nitrogens with two attached hydrogens (primary N) is 1. The molecule has 0 saturated heterocycles. The van der Waals surface area contributed by atoms with Gasteiger partial charge in [0.15, 0.2) is 0 Å². The number of rotatable bonds is 1. The van der Waals surface area contributed by atoms with Gasteiger partial charge in [0.1, 0.15) is 11.0 Å². The first kappa shape index (κ1) is 7.97. The van der Waals surface area contributed by atoms with E-state index in [1.54, 1.807) is 6.20 Å². The Morgan fingerprint density at radius 2 is 2.23 bits per heavy atom. The Bertz CT molecular complexity index is 431. The molecule has 0 amide bonds. The fraction of sp³-hybridized carbons (Fsp3) is 0.375. The van der Waals surface area contributed by atoms with Gasteiger partial charge in [0.05, 0.1) is 11.9 Å². The molecule has 0 aliphatic heterocycles. The minimum atomic E-state index is 0.288. The van der Waals surface area contributed by atoms with Crippen molar-refractivity contribution < 1.29 is 0 Å². The summed E-state index contributed by atoms with van der Waals surface area (Å²) in [5.41, 5.74) is 8.08. The summed E-state index contributed by atoms with van der Waals surface area (Å²) in [7, 11) is 0. The topological polar surface area (TPSA) is 80.5 Å². The van der Waals surface area contributed by atoms with E-state index in [0.29, 0.717) is 5.92 Å². The van der Waals surface area contributed by atoms with Crippen molar-refractivity contribution in [2.75, 3.05) is 5.73 Å². The van der Waals surface area contributed by atoms with Crippen molar-refractivity contribution in [1.82, 2.24) is 20.2 Å². The Balaban J connectivity index is 2.71. The summed E-state index contributed by atoms with van der Waals surface area (Å²) in [6.07, 6.45) is 1.63. The second-order valence-electron chi connectivity index (χ2n) is 3.25. The molecule has 2 aromatic heterocycles. The van der Waals surface area contributed by atoms with Gasteiger partial charge in [-0.25, -0.2) is 9.97 Å². The predicted octanol–water partition coefficient (Wildman–Crippen LogP) is 1.06. The molecule has 3 N–H and O–H groups in total. The third kappa shape index (κ3) is 1.22. The third-order valence-corrected chi connectivity index (χ3v) is 1.92. The second kappa shape index (κ2) is 2.69. The largest absolute Gasteiger partial charge is 0.368 e. The highest BCUT2D eigenvalue weighted by Gasteiger charge is 2.10. The molecule has 0 atom stereocenters. The van der Waals surface area contributed by atoms with Gasteiger partial charge < -0.3 is 5.73 Å². The first-order valence-corrected chi connectivity index (χ1v) is 4.15. The van der Waals surface area contributed by atoms with Crippen LogP contribution in [0.25, 0.3) is 11.0 Å². The molecule has 0 saturated carbocycles. The summed E-state index contributed by atoms with van der Waals surface area (Å²) in [5, 5.41) is 7.01. The summed E-state index contributed by atoms with van der Waals surface area (Å²) in [5.74, 6) is 0.648. The molecule has 0 unspecified atom stereocenters. The highest BCUT2D eigenvalue weighted by atomic mass is 15.1. The van der Waals surface area contributed by atoms with Crippen LogP contribution in [-0.2, 0) is 0 Å². The number of aromatic amines is 1. The number of hydrogen-bond acceptors (Lipinski definition) is 4. The molecule has 0 fully saturated rings. The number of nitrogen functional groups attached to an aromatic ring is 1. The van der Waals surface area contributed by atoms with Gasteiger partial charge in [0.25, 0.3) is 0 Å². The number of aromatic nitrogens is 4. The molecule has 5 nitrogen and oxygen atoms in total. The fourth-order valence-electron chi connectivity index (χ4n) is 1.25. The van der Waals surface area contributed by atoms with Crippen molar-refractivity contribution in [2.24, 2.45) is 0 Å². The van der Waals surface area contributed by atoms with Crippen molar-refractivity contribution in [3.8, 4) is 0 Å². The molecule has 0 aromatic carbocycles. The molecule has 0 spiro atoms. The third-order valence-electron chi connectivity index (χ3n) is 1.92. The minimum absolute atomic E-state index is 0.288. The second-order valence-corrected chi connectivity index (χ2v) is 3.25. The zero-order chi connectivity index (χ0) is 9.42. The Kier molecular flexibility index (Phi) is 1.65. The van der Waals surface area contributed by atoms with Gasteiger partial charge >= 0.3 is 0 Å². The smallest absolute Gasteiger partial charge is 0.220 e. The van der Waals surface area contributed by atoms with Crippen molar-refractivity contribution in [3.63, 3.8) is 0 Å². The Morgan fingerprint density at radius 1 is 1.46 bits per heavy atom. The van der Waals surface area contributed by atoms with E-state index >= 15 is 0 Å². The SMILES string of the molecule is CC(C)c1[nH]nc2cnc(N)nc12. The molecule has 2 aromatic rings. The van der Waals surface area contributed by atoms with Crippen LogP contribution in [0, 0.1) is 0 Å². The molecule has 0 aliphatic rings. The first-order chi connectivity index (χ1) is 6.18. The molecule has 0 aliphatic carbocycles. The molecule has 5 heteroatoms. The molecule has 0 radical (unpaired) electrons. The van der Waals surface area contributed by atoms with E-state index in [-0.39, 0.29) is 5.95 Å².